The molecular weight excluding hydrogens is 729 g/mol. The first kappa shape index (κ1) is 48.8. The summed E-state index contributed by atoms with van der Waals surface area (Å²) in [6, 6.07) is 4.04. The molecule has 6 amide bonds. The number of likely N-dealkylation sites (N-methyl/N-ethyl adjacent to an activating group) is 2. The fourth-order valence-corrected chi connectivity index (χ4v) is 6.49. The van der Waals surface area contributed by atoms with Gasteiger partial charge in [-0.3, -0.25) is 33.6 Å². The maximum atomic E-state index is 14.2. The van der Waals surface area contributed by atoms with Gasteiger partial charge in [-0.05, 0) is 83.9 Å². The van der Waals surface area contributed by atoms with E-state index in [0.29, 0.717) is 0 Å². The molecule has 1 aliphatic heterocycles. The first-order chi connectivity index (χ1) is 26.7. The van der Waals surface area contributed by atoms with Crippen LogP contribution in [0.5, 0.6) is 0 Å². The van der Waals surface area contributed by atoms with Crippen LogP contribution in [-0.4, -0.2) is 109 Å². The number of carbonyl (C=O) groups excluding carboxylic acids is 7. The number of nitrogens with one attached hydrogen (secondary N) is 7. The van der Waals surface area contributed by atoms with Crippen LogP contribution in [0, 0.1) is 23.7 Å². The summed E-state index contributed by atoms with van der Waals surface area (Å²) in [6.45, 7) is 18.4. The number of carbonyl (C=O) groups is 7. The number of nitrogens with zero attached hydrogens (tertiary/aromatic N) is 1. The predicted molar refractivity (Wildman–Crippen MR) is 220 cm³/mol. The second kappa shape index (κ2) is 23.1. The topological polar surface area (TPSA) is 207 Å². The van der Waals surface area contributed by atoms with Gasteiger partial charge in [-0.2, -0.15) is 0 Å². The lowest BCUT2D eigenvalue weighted by Crippen LogP contribution is -2.58. The summed E-state index contributed by atoms with van der Waals surface area (Å²) < 4.78 is 0. The largest absolute Gasteiger partial charge is 0.352 e. The number of Topliss-reactive ketones (excluding diaryl/α,β-unsaturated/α-hetero) is 1. The van der Waals surface area contributed by atoms with Crippen LogP contribution in [0.4, 0.5) is 0 Å². The highest BCUT2D eigenvalue weighted by Crippen LogP contribution is 2.29. The number of likely N-dealkylation sites (tertiary alicyclic amines) is 1. The lowest BCUT2D eigenvalue weighted by Gasteiger charge is -2.31. The van der Waals surface area contributed by atoms with Crippen molar-refractivity contribution < 1.29 is 33.6 Å². The molecule has 0 radical (unpaired) electrons. The van der Waals surface area contributed by atoms with Gasteiger partial charge in [0, 0.05) is 25.4 Å². The van der Waals surface area contributed by atoms with Gasteiger partial charge in [-0.15, -0.1) is 0 Å². The smallest absolute Gasteiger partial charge is 0.246 e. The summed E-state index contributed by atoms with van der Waals surface area (Å²) in [7, 11) is 3.29. The Morgan fingerprint density at radius 3 is 1.70 bits per heavy atom. The Hall–Kier alpha value is -4.37. The molecule has 1 saturated heterocycles. The molecule has 0 aromatic heterocycles. The average molecular weight is 799 g/mol. The normalized spacial score (nSPS) is 19.2. The van der Waals surface area contributed by atoms with E-state index in [4.69, 9.17) is 0 Å². The molecule has 57 heavy (non-hydrogen) atoms. The summed E-state index contributed by atoms with van der Waals surface area (Å²) >= 11 is 0. The minimum absolute atomic E-state index is 0.00583. The fraction of sp³-hybridized carbons (Fsp3) is 0.690. The van der Waals surface area contributed by atoms with Crippen LogP contribution in [0.25, 0.3) is 0 Å². The molecule has 0 aliphatic carbocycles. The van der Waals surface area contributed by atoms with E-state index < -0.39 is 54.0 Å². The minimum Gasteiger partial charge on any atom is -0.352 e. The van der Waals surface area contributed by atoms with Crippen LogP contribution < -0.4 is 37.2 Å². The van der Waals surface area contributed by atoms with E-state index in [9.17, 15) is 33.6 Å². The highest BCUT2D eigenvalue weighted by Gasteiger charge is 2.43. The Labute approximate surface area is 339 Å². The number of hydrogen-bond acceptors (Lipinski definition) is 9. The van der Waals surface area contributed by atoms with Crippen molar-refractivity contribution >= 4 is 41.2 Å². The van der Waals surface area contributed by atoms with Gasteiger partial charge in [0.1, 0.15) is 30.0 Å². The van der Waals surface area contributed by atoms with Gasteiger partial charge in [-0.1, -0.05) is 71.9 Å². The number of hydrogen-bond donors (Lipinski definition) is 7. The van der Waals surface area contributed by atoms with Crippen molar-refractivity contribution in [2.24, 2.45) is 23.7 Å². The average Bonchev–Trinajstić information content (AvgIpc) is 3.59. The Bertz CT molecular complexity index is 1520. The summed E-state index contributed by atoms with van der Waals surface area (Å²) in [5.74, 6) is -3.48. The third-order valence-electron chi connectivity index (χ3n) is 11.0. The monoisotopic (exact) mass is 799 g/mol. The van der Waals surface area contributed by atoms with Gasteiger partial charge < -0.3 is 42.1 Å². The summed E-state index contributed by atoms with van der Waals surface area (Å²) in [5.41, 5.74) is 0.893. The van der Waals surface area contributed by atoms with Crippen molar-refractivity contribution in [1.82, 2.24) is 42.1 Å². The number of amides is 6. The van der Waals surface area contributed by atoms with Crippen LogP contribution in [-0.2, 0) is 33.6 Å². The molecule has 15 heteroatoms. The van der Waals surface area contributed by atoms with E-state index in [2.05, 4.69) is 37.2 Å². The van der Waals surface area contributed by atoms with Crippen molar-refractivity contribution in [3.8, 4) is 0 Å². The standard InChI is InChI=1S/C42H70N8O7/c1-23(2)26(7)45-39(54)33(47-41(56)35(24(3)4)48-37(52)28(9)43-11)19-18-32(51)20-30-21-34(40(55)46-27(8)31-16-14-13-15-17-31)50(22-30)42(57)36(25(5)6)49-38(53)29(10)44-12/h13-17,23-30,33-36,43-44H,18-22H2,1-12H3,(H,45,54)(H,46,55)(H,47,56)(H,48,52)(H,49,53)/t26-,27+,28+,29-,30-,33+,34-,35+,36-/m0/s1. The number of benzene rings is 1. The molecule has 1 aromatic carbocycles. The molecule has 0 spiro atoms. The minimum atomic E-state index is -1.06. The molecule has 1 fully saturated rings. The second-order valence-electron chi connectivity index (χ2n) is 16.6. The first-order valence-electron chi connectivity index (χ1n) is 20.5. The lowest BCUT2D eigenvalue weighted by atomic mass is 9.95. The Morgan fingerprint density at radius 1 is 0.649 bits per heavy atom. The van der Waals surface area contributed by atoms with Crippen LogP contribution in [0.3, 0.4) is 0 Å². The van der Waals surface area contributed by atoms with Crippen molar-refractivity contribution in [3.63, 3.8) is 0 Å². The molecule has 1 heterocycles. The van der Waals surface area contributed by atoms with E-state index in [1.165, 1.54) is 4.90 Å². The van der Waals surface area contributed by atoms with Crippen molar-refractivity contribution in [2.45, 2.75) is 143 Å². The third kappa shape index (κ3) is 14.8. The van der Waals surface area contributed by atoms with E-state index in [1.54, 1.807) is 41.8 Å². The highest BCUT2D eigenvalue weighted by atomic mass is 16.2. The maximum absolute atomic E-state index is 14.2. The van der Waals surface area contributed by atoms with Crippen molar-refractivity contribution in [1.29, 1.82) is 0 Å². The molecule has 1 aromatic rings. The molecule has 2 rings (SSSR count). The number of ketones is 1. The number of rotatable bonds is 22. The summed E-state index contributed by atoms with van der Waals surface area (Å²) in [5, 5.41) is 20.1. The van der Waals surface area contributed by atoms with E-state index in [0.717, 1.165) is 5.56 Å². The van der Waals surface area contributed by atoms with Gasteiger partial charge in [-0.25, -0.2) is 0 Å². The maximum Gasteiger partial charge on any atom is 0.246 e. The van der Waals surface area contributed by atoms with E-state index in [1.807, 2.05) is 71.9 Å². The van der Waals surface area contributed by atoms with Gasteiger partial charge >= 0.3 is 0 Å². The first-order valence-corrected chi connectivity index (χ1v) is 20.5. The zero-order chi connectivity index (χ0) is 43.1. The SMILES string of the molecule is CN[C@@H](C)C(=O)N[C@H](C(=O)N1C[C@@H](CC(=O)CC[C@@H](NC(=O)[C@H](NC(=O)[C@@H](C)NC)C(C)C)C(=O)N[C@@H](C)C(C)C)C[C@H]1C(=O)N[C@H](C)c1ccccc1)C(C)C. The van der Waals surface area contributed by atoms with Crippen LogP contribution in [0.2, 0.25) is 0 Å². The molecule has 320 valence electrons. The van der Waals surface area contributed by atoms with E-state index in [-0.39, 0.29) is 91.5 Å². The second-order valence-corrected chi connectivity index (χ2v) is 16.6. The molecule has 0 saturated carbocycles. The fourth-order valence-electron chi connectivity index (χ4n) is 6.49. The zero-order valence-corrected chi connectivity index (χ0v) is 36.2. The third-order valence-corrected chi connectivity index (χ3v) is 11.0. The molecular formula is C42H70N8O7. The quantitative estimate of drug-likeness (QED) is 0.0915. The van der Waals surface area contributed by atoms with Gasteiger partial charge in [0.15, 0.2) is 0 Å². The van der Waals surface area contributed by atoms with Crippen LogP contribution >= 0.6 is 0 Å². The van der Waals surface area contributed by atoms with Gasteiger partial charge in [0.05, 0.1) is 18.1 Å². The van der Waals surface area contributed by atoms with Crippen LogP contribution in [0.1, 0.15) is 107 Å². The molecule has 9 atom stereocenters. The molecule has 0 bridgehead atoms. The Kier molecular flexibility index (Phi) is 19.8. The molecule has 15 nitrogen and oxygen atoms in total. The van der Waals surface area contributed by atoms with Crippen LogP contribution in [0.15, 0.2) is 30.3 Å². The predicted octanol–water partition coefficient (Wildman–Crippen LogP) is 1.96. The molecule has 1 aliphatic rings. The molecule has 0 unspecified atom stereocenters. The van der Waals surface area contributed by atoms with Crippen molar-refractivity contribution in [2.75, 3.05) is 20.6 Å². The van der Waals surface area contributed by atoms with Crippen molar-refractivity contribution in [3.05, 3.63) is 35.9 Å². The van der Waals surface area contributed by atoms with E-state index >= 15 is 0 Å². The lowest BCUT2D eigenvalue weighted by molar-refractivity contribution is -0.142. The van der Waals surface area contributed by atoms with Gasteiger partial charge in [0.25, 0.3) is 0 Å². The van der Waals surface area contributed by atoms with Gasteiger partial charge in [0.2, 0.25) is 35.4 Å². The Balaban J connectivity index is 2.31. The zero-order valence-electron chi connectivity index (χ0n) is 36.2. The summed E-state index contributed by atoms with van der Waals surface area (Å²) in [6.07, 6.45) is 0.215. The molecule has 7 N–H and O–H groups in total. The highest BCUT2D eigenvalue weighted by molar-refractivity contribution is 5.95. The Morgan fingerprint density at radius 2 is 1.19 bits per heavy atom. The summed E-state index contributed by atoms with van der Waals surface area (Å²) in [4.78, 5) is 95.9.